The number of fused-ring (bicyclic) bond motifs is 2. The Hall–Kier alpha value is -4.69. The first-order valence-corrected chi connectivity index (χ1v) is 19.4. The van der Waals surface area contributed by atoms with Crippen LogP contribution in [0.3, 0.4) is 0 Å². The molecule has 0 saturated heterocycles. The predicted octanol–water partition coefficient (Wildman–Crippen LogP) is 6.61. The van der Waals surface area contributed by atoms with Crippen molar-refractivity contribution in [1.29, 1.82) is 0 Å². The van der Waals surface area contributed by atoms with E-state index in [-0.39, 0.29) is 42.2 Å². The standard InChI is InChI=1S/C40H50N4O8S/c1-27-24-44(28(2)26-45)39(46)35-23-31(41-40(47)42-36-15-10-13-30-12-6-7-14-34(30)36)16-21-37(35)52-29(3)11-8-9-22-51-38(27)25-43(4)53(48,49)33-19-17-32(50-5)18-20-33/h6-7,10,12-21,23,27-29,38,45H,8-9,11,22,24-26H2,1-5H3,(H2,41,42,47)/t27-,28+,29+,38+/m0/s1. The molecule has 0 radical (unpaired) electrons. The van der Waals surface area contributed by atoms with Gasteiger partial charge in [0.1, 0.15) is 11.5 Å². The second-order valence-corrected chi connectivity index (χ2v) is 15.6. The molecule has 3 N–H and O–H groups in total. The average molecular weight is 747 g/mol. The Morgan fingerprint density at radius 2 is 1.75 bits per heavy atom. The van der Waals surface area contributed by atoms with Gasteiger partial charge in [-0.3, -0.25) is 4.79 Å². The van der Waals surface area contributed by atoms with Crippen LogP contribution in [0.15, 0.2) is 89.8 Å². The monoisotopic (exact) mass is 746 g/mol. The number of urea groups is 1. The summed E-state index contributed by atoms with van der Waals surface area (Å²) in [5, 5.41) is 17.9. The lowest BCUT2D eigenvalue weighted by Crippen LogP contribution is -2.48. The van der Waals surface area contributed by atoms with Crippen LogP contribution >= 0.6 is 0 Å². The fraction of sp³-hybridized carbons (Fsp3) is 0.400. The molecule has 3 amide bonds. The highest BCUT2D eigenvalue weighted by atomic mass is 32.2. The van der Waals surface area contributed by atoms with Gasteiger partial charge in [-0.2, -0.15) is 4.31 Å². The van der Waals surface area contributed by atoms with Crippen molar-refractivity contribution in [1.82, 2.24) is 9.21 Å². The molecular formula is C40H50N4O8S. The van der Waals surface area contributed by atoms with Crippen LogP contribution < -0.4 is 20.1 Å². The molecule has 0 aromatic heterocycles. The first kappa shape index (κ1) is 39.5. The quantitative estimate of drug-likeness (QED) is 0.174. The number of benzene rings is 4. The second-order valence-electron chi connectivity index (χ2n) is 13.6. The predicted molar refractivity (Wildman–Crippen MR) is 206 cm³/mol. The molecule has 12 nitrogen and oxygen atoms in total. The Bertz CT molecular complexity index is 1970. The number of hydrogen-bond acceptors (Lipinski definition) is 8. The van der Waals surface area contributed by atoms with Gasteiger partial charge >= 0.3 is 6.03 Å². The summed E-state index contributed by atoms with van der Waals surface area (Å²) >= 11 is 0. The third-order valence-corrected chi connectivity index (χ3v) is 11.4. The smallest absolute Gasteiger partial charge is 0.323 e. The van der Waals surface area contributed by atoms with E-state index in [4.69, 9.17) is 14.2 Å². The number of carbonyl (C=O) groups is 2. The van der Waals surface area contributed by atoms with E-state index < -0.39 is 34.1 Å². The number of amides is 3. The minimum atomic E-state index is -3.87. The van der Waals surface area contributed by atoms with Crippen molar-refractivity contribution < 1.29 is 37.3 Å². The number of hydrogen-bond donors (Lipinski definition) is 3. The molecule has 4 aromatic rings. The zero-order chi connectivity index (χ0) is 38.1. The second kappa shape index (κ2) is 17.9. The topological polar surface area (TPSA) is 147 Å². The Balaban J connectivity index is 1.41. The van der Waals surface area contributed by atoms with Crippen LogP contribution in [0.4, 0.5) is 16.2 Å². The molecule has 1 heterocycles. The summed E-state index contributed by atoms with van der Waals surface area (Å²) in [5.41, 5.74) is 1.24. The molecule has 0 saturated carbocycles. The fourth-order valence-electron chi connectivity index (χ4n) is 6.36. The lowest BCUT2D eigenvalue weighted by molar-refractivity contribution is -0.00834. The van der Waals surface area contributed by atoms with Crippen molar-refractivity contribution in [2.24, 2.45) is 5.92 Å². The maximum absolute atomic E-state index is 14.5. The van der Waals surface area contributed by atoms with Gasteiger partial charge in [-0.15, -0.1) is 0 Å². The molecule has 284 valence electrons. The molecule has 4 atom stereocenters. The summed E-state index contributed by atoms with van der Waals surface area (Å²) in [6.45, 7) is 5.86. The van der Waals surface area contributed by atoms with Crippen LogP contribution in [-0.4, -0.2) is 93.4 Å². The minimum Gasteiger partial charge on any atom is -0.497 e. The first-order valence-electron chi connectivity index (χ1n) is 17.9. The van der Waals surface area contributed by atoms with E-state index >= 15 is 0 Å². The van der Waals surface area contributed by atoms with Gasteiger partial charge in [0, 0.05) is 43.7 Å². The number of nitrogens with zero attached hydrogens (tertiary/aromatic N) is 2. The molecule has 5 rings (SSSR count). The van der Waals surface area contributed by atoms with Crippen LogP contribution in [0.2, 0.25) is 0 Å². The van der Waals surface area contributed by atoms with Crippen LogP contribution in [0.1, 0.15) is 50.4 Å². The summed E-state index contributed by atoms with van der Waals surface area (Å²) in [5.74, 6) is 0.153. The van der Waals surface area contributed by atoms with Crippen molar-refractivity contribution in [2.45, 2.75) is 63.2 Å². The number of likely N-dealkylation sites (N-methyl/N-ethyl adjacent to an activating group) is 1. The Morgan fingerprint density at radius 1 is 1.02 bits per heavy atom. The van der Waals surface area contributed by atoms with Gasteiger partial charge in [0.2, 0.25) is 10.0 Å². The van der Waals surface area contributed by atoms with Gasteiger partial charge in [-0.05, 0) is 87.0 Å². The number of ether oxygens (including phenoxy) is 3. The first-order chi connectivity index (χ1) is 25.4. The van der Waals surface area contributed by atoms with Gasteiger partial charge < -0.3 is 34.9 Å². The number of aliphatic hydroxyl groups excluding tert-OH is 1. The number of anilines is 2. The fourth-order valence-corrected chi connectivity index (χ4v) is 7.54. The van der Waals surface area contributed by atoms with E-state index in [1.807, 2.05) is 56.3 Å². The largest absolute Gasteiger partial charge is 0.497 e. The highest BCUT2D eigenvalue weighted by molar-refractivity contribution is 7.89. The van der Waals surface area contributed by atoms with Crippen molar-refractivity contribution in [3.63, 3.8) is 0 Å². The number of rotatable bonds is 9. The van der Waals surface area contributed by atoms with E-state index in [1.165, 1.54) is 30.6 Å². The zero-order valence-electron chi connectivity index (χ0n) is 30.9. The zero-order valence-corrected chi connectivity index (χ0v) is 31.8. The number of aliphatic hydroxyl groups is 1. The number of carbonyl (C=O) groups excluding carboxylic acids is 2. The van der Waals surface area contributed by atoms with E-state index in [9.17, 15) is 23.1 Å². The van der Waals surface area contributed by atoms with Gasteiger partial charge in [0.05, 0.1) is 48.1 Å². The maximum atomic E-state index is 14.5. The Kier molecular flexibility index (Phi) is 13.3. The highest BCUT2D eigenvalue weighted by Crippen LogP contribution is 2.30. The van der Waals surface area contributed by atoms with Gasteiger partial charge in [0.15, 0.2) is 0 Å². The van der Waals surface area contributed by atoms with Gasteiger partial charge in [-0.25, -0.2) is 13.2 Å². The third kappa shape index (κ3) is 9.85. The summed E-state index contributed by atoms with van der Waals surface area (Å²) in [6.07, 6.45) is 1.39. The molecule has 13 heteroatoms. The van der Waals surface area contributed by atoms with Crippen LogP contribution in [0.25, 0.3) is 10.8 Å². The van der Waals surface area contributed by atoms with E-state index in [0.717, 1.165) is 23.6 Å². The molecule has 0 aliphatic carbocycles. The minimum absolute atomic E-state index is 0.0427. The molecule has 1 aliphatic heterocycles. The molecule has 0 unspecified atom stereocenters. The number of sulfonamides is 1. The van der Waals surface area contributed by atoms with Crippen LogP contribution in [-0.2, 0) is 14.8 Å². The third-order valence-electron chi connectivity index (χ3n) is 9.55. The van der Waals surface area contributed by atoms with Crippen molar-refractivity contribution in [3.8, 4) is 11.5 Å². The maximum Gasteiger partial charge on any atom is 0.323 e. The van der Waals surface area contributed by atoms with E-state index in [0.29, 0.717) is 35.9 Å². The van der Waals surface area contributed by atoms with Gasteiger partial charge in [-0.1, -0.05) is 43.3 Å². The SMILES string of the molecule is COc1ccc(S(=O)(=O)N(C)C[C@H]2OCCCC[C@@H](C)Oc3ccc(NC(=O)Nc4cccc5ccccc45)cc3C(=O)N([C@H](C)CO)C[C@@H]2C)cc1. The molecule has 1 aliphatic rings. The Labute approximate surface area is 312 Å². The summed E-state index contributed by atoms with van der Waals surface area (Å²) in [4.78, 5) is 29.4. The van der Waals surface area contributed by atoms with Crippen LogP contribution in [0, 0.1) is 5.92 Å². The molecule has 0 bridgehead atoms. The van der Waals surface area contributed by atoms with E-state index in [2.05, 4.69) is 10.6 Å². The molecule has 4 aromatic carbocycles. The summed E-state index contributed by atoms with van der Waals surface area (Å²) < 4.78 is 46.3. The van der Waals surface area contributed by atoms with Crippen LogP contribution in [0.5, 0.6) is 11.5 Å². The number of nitrogens with one attached hydrogen (secondary N) is 2. The Morgan fingerprint density at radius 3 is 2.49 bits per heavy atom. The van der Waals surface area contributed by atoms with Crippen molar-refractivity contribution in [3.05, 3.63) is 90.5 Å². The van der Waals surface area contributed by atoms with Crippen molar-refractivity contribution >= 4 is 44.1 Å². The number of methoxy groups -OCH3 is 1. The summed E-state index contributed by atoms with van der Waals surface area (Å²) in [7, 11) is -0.834. The molecular weight excluding hydrogens is 697 g/mol. The average Bonchev–Trinajstić information content (AvgIpc) is 3.16. The molecule has 0 fully saturated rings. The van der Waals surface area contributed by atoms with Gasteiger partial charge in [0.25, 0.3) is 5.91 Å². The van der Waals surface area contributed by atoms with Crippen molar-refractivity contribution in [2.75, 3.05) is 51.1 Å². The normalized spacial score (nSPS) is 19.5. The highest BCUT2D eigenvalue weighted by Gasteiger charge is 2.32. The lowest BCUT2D eigenvalue weighted by atomic mass is 10.0. The molecule has 0 spiro atoms. The summed E-state index contributed by atoms with van der Waals surface area (Å²) in [6, 6.07) is 23.5. The van der Waals surface area contributed by atoms with E-state index in [1.54, 1.807) is 42.2 Å². The molecule has 53 heavy (non-hydrogen) atoms. The lowest BCUT2D eigenvalue weighted by Gasteiger charge is -2.35.